The third-order valence-corrected chi connectivity index (χ3v) is 3.04. The number of halogens is 1. The highest BCUT2D eigenvalue weighted by molar-refractivity contribution is 9.10. The van der Waals surface area contributed by atoms with Crippen molar-refractivity contribution in [1.29, 1.82) is 0 Å². The van der Waals surface area contributed by atoms with Gasteiger partial charge in [0, 0.05) is 11.6 Å². The molecule has 17 heavy (non-hydrogen) atoms. The average molecular weight is 289 g/mol. The Hall–Kier alpha value is -1.88. The molecular weight excluding hydrogens is 280 g/mol. The Morgan fingerprint density at radius 2 is 2.12 bits per heavy atom. The van der Waals surface area contributed by atoms with Crippen molar-refractivity contribution in [3.63, 3.8) is 0 Å². The molecule has 3 rings (SSSR count). The Labute approximate surface area is 106 Å². The Bertz CT molecular complexity index is 649. The van der Waals surface area contributed by atoms with Gasteiger partial charge in [0.15, 0.2) is 0 Å². The molecule has 0 atom stereocenters. The molecule has 0 amide bonds. The Kier molecular flexibility index (Phi) is 2.53. The first kappa shape index (κ1) is 10.3. The lowest BCUT2D eigenvalue weighted by molar-refractivity contribution is 1.09. The molecule has 0 radical (unpaired) electrons. The van der Waals surface area contributed by atoms with Crippen molar-refractivity contribution in [3.05, 3.63) is 47.2 Å². The third kappa shape index (κ3) is 2.01. The number of pyridine rings is 1. The fourth-order valence-corrected chi connectivity index (χ4v) is 2.07. The summed E-state index contributed by atoms with van der Waals surface area (Å²) in [4.78, 5) is 4.55. The number of aromatic nitrogens is 3. The minimum Gasteiger partial charge on any atom is -0.337 e. The minimum absolute atomic E-state index is 0.783. The second kappa shape index (κ2) is 4.18. The minimum atomic E-state index is 0.783. The number of fused-ring (bicyclic) bond motifs is 1. The summed E-state index contributed by atoms with van der Waals surface area (Å²) in [5.41, 5.74) is 1.84. The summed E-state index contributed by atoms with van der Waals surface area (Å²) in [5.74, 6) is 0.783. The first-order valence-corrected chi connectivity index (χ1v) is 5.93. The highest BCUT2D eigenvalue weighted by Crippen LogP contribution is 2.27. The quantitative estimate of drug-likeness (QED) is 0.759. The predicted octanol–water partition coefficient (Wildman–Crippen LogP) is 3.46. The maximum Gasteiger partial charge on any atom is 0.145 e. The van der Waals surface area contributed by atoms with Gasteiger partial charge in [-0.15, -0.1) is 0 Å². The number of aromatic amines is 1. The Morgan fingerprint density at radius 1 is 1.24 bits per heavy atom. The van der Waals surface area contributed by atoms with Crippen molar-refractivity contribution in [3.8, 4) is 0 Å². The molecule has 0 spiro atoms. The average Bonchev–Trinajstić information content (AvgIpc) is 2.83. The number of anilines is 2. The lowest BCUT2D eigenvalue weighted by Crippen LogP contribution is -1.94. The van der Waals surface area contributed by atoms with E-state index in [1.165, 1.54) is 0 Å². The van der Waals surface area contributed by atoms with Crippen LogP contribution in [0.1, 0.15) is 0 Å². The molecule has 84 valence electrons. The summed E-state index contributed by atoms with van der Waals surface area (Å²) < 4.78 is 0.928. The standard InChI is InChI=1S/C12H9BrN4/c13-10-5-8-3-1-2-4-11(8)17-12(10)16-9-6-14-15-7-9/h1-7H,(H,14,15)(H,16,17). The number of para-hydroxylation sites is 1. The first-order chi connectivity index (χ1) is 8.33. The number of benzene rings is 1. The van der Waals surface area contributed by atoms with Crippen molar-refractivity contribution in [2.75, 3.05) is 5.32 Å². The largest absolute Gasteiger partial charge is 0.337 e. The zero-order valence-corrected chi connectivity index (χ0v) is 10.4. The van der Waals surface area contributed by atoms with Crippen molar-refractivity contribution < 1.29 is 0 Å². The van der Waals surface area contributed by atoms with Crippen LogP contribution in [0.2, 0.25) is 0 Å². The van der Waals surface area contributed by atoms with E-state index in [2.05, 4.69) is 36.4 Å². The molecule has 0 unspecified atom stereocenters. The van der Waals surface area contributed by atoms with Gasteiger partial charge >= 0.3 is 0 Å². The van der Waals surface area contributed by atoms with Gasteiger partial charge in [-0.25, -0.2) is 4.98 Å². The van der Waals surface area contributed by atoms with Gasteiger partial charge in [-0.05, 0) is 28.1 Å². The predicted molar refractivity (Wildman–Crippen MR) is 71.3 cm³/mol. The number of rotatable bonds is 2. The van der Waals surface area contributed by atoms with Crippen molar-refractivity contribution in [2.45, 2.75) is 0 Å². The van der Waals surface area contributed by atoms with Crippen LogP contribution in [0.4, 0.5) is 11.5 Å². The van der Waals surface area contributed by atoms with Crippen molar-refractivity contribution >= 4 is 38.3 Å². The van der Waals surface area contributed by atoms with Gasteiger partial charge in [-0.3, -0.25) is 5.10 Å². The summed E-state index contributed by atoms with van der Waals surface area (Å²) in [6, 6.07) is 10.0. The van der Waals surface area contributed by atoms with E-state index in [1.807, 2.05) is 30.3 Å². The van der Waals surface area contributed by atoms with Crippen LogP contribution in [0.15, 0.2) is 47.2 Å². The first-order valence-electron chi connectivity index (χ1n) is 5.14. The monoisotopic (exact) mass is 288 g/mol. The normalized spacial score (nSPS) is 10.6. The highest BCUT2D eigenvalue weighted by atomic mass is 79.9. The van der Waals surface area contributed by atoms with Gasteiger partial charge in [0.25, 0.3) is 0 Å². The number of nitrogens with one attached hydrogen (secondary N) is 2. The number of H-pyrrole nitrogens is 1. The molecule has 3 aromatic rings. The van der Waals surface area contributed by atoms with Crippen LogP contribution in [-0.4, -0.2) is 15.2 Å². The van der Waals surface area contributed by atoms with E-state index in [4.69, 9.17) is 0 Å². The van der Waals surface area contributed by atoms with Gasteiger partial charge in [-0.2, -0.15) is 5.10 Å². The van der Waals surface area contributed by atoms with Crippen LogP contribution in [0.5, 0.6) is 0 Å². The lowest BCUT2D eigenvalue weighted by atomic mass is 10.2. The zero-order chi connectivity index (χ0) is 11.7. The fourth-order valence-electron chi connectivity index (χ4n) is 1.63. The van der Waals surface area contributed by atoms with E-state index in [0.717, 1.165) is 26.9 Å². The van der Waals surface area contributed by atoms with Crippen molar-refractivity contribution in [1.82, 2.24) is 15.2 Å². The maximum absolute atomic E-state index is 4.55. The van der Waals surface area contributed by atoms with Crippen LogP contribution in [-0.2, 0) is 0 Å². The van der Waals surface area contributed by atoms with Gasteiger partial charge in [0.2, 0.25) is 0 Å². The second-order valence-corrected chi connectivity index (χ2v) is 4.48. The van der Waals surface area contributed by atoms with Gasteiger partial charge in [-0.1, -0.05) is 18.2 Å². The molecular formula is C12H9BrN4. The van der Waals surface area contributed by atoms with E-state index >= 15 is 0 Å². The summed E-state index contributed by atoms with van der Waals surface area (Å²) in [6.07, 6.45) is 3.49. The molecule has 0 aliphatic carbocycles. The summed E-state index contributed by atoms with van der Waals surface area (Å²) in [6.45, 7) is 0. The van der Waals surface area contributed by atoms with Crippen LogP contribution < -0.4 is 5.32 Å². The fraction of sp³-hybridized carbons (Fsp3) is 0. The number of hydrogen-bond donors (Lipinski definition) is 2. The van der Waals surface area contributed by atoms with E-state index in [0.29, 0.717) is 0 Å². The molecule has 0 bridgehead atoms. The molecule has 2 N–H and O–H groups in total. The summed E-state index contributed by atoms with van der Waals surface area (Å²) in [5, 5.41) is 10.9. The summed E-state index contributed by atoms with van der Waals surface area (Å²) in [7, 11) is 0. The molecule has 1 aromatic carbocycles. The van der Waals surface area contributed by atoms with E-state index in [9.17, 15) is 0 Å². The molecule has 0 fully saturated rings. The number of nitrogens with zero attached hydrogens (tertiary/aromatic N) is 2. The van der Waals surface area contributed by atoms with Crippen LogP contribution in [0, 0.1) is 0 Å². The third-order valence-electron chi connectivity index (χ3n) is 2.44. The van der Waals surface area contributed by atoms with Gasteiger partial charge in [0.1, 0.15) is 5.82 Å². The second-order valence-electron chi connectivity index (χ2n) is 3.62. The molecule has 0 saturated heterocycles. The highest BCUT2D eigenvalue weighted by Gasteiger charge is 2.05. The van der Waals surface area contributed by atoms with Crippen LogP contribution in [0.3, 0.4) is 0 Å². The molecule has 2 heterocycles. The topological polar surface area (TPSA) is 53.6 Å². The Morgan fingerprint density at radius 3 is 2.94 bits per heavy atom. The van der Waals surface area contributed by atoms with Crippen LogP contribution in [0.25, 0.3) is 10.9 Å². The lowest BCUT2D eigenvalue weighted by Gasteiger charge is -2.06. The van der Waals surface area contributed by atoms with Gasteiger partial charge in [0.05, 0.1) is 21.9 Å². The van der Waals surface area contributed by atoms with E-state index in [-0.39, 0.29) is 0 Å². The number of hydrogen-bond acceptors (Lipinski definition) is 3. The van der Waals surface area contributed by atoms with Crippen LogP contribution >= 0.6 is 15.9 Å². The van der Waals surface area contributed by atoms with Crippen molar-refractivity contribution in [2.24, 2.45) is 0 Å². The van der Waals surface area contributed by atoms with E-state index < -0.39 is 0 Å². The molecule has 5 heteroatoms. The Balaban J connectivity index is 2.07. The van der Waals surface area contributed by atoms with E-state index in [1.54, 1.807) is 12.4 Å². The smallest absolute Gasteiger partial charge is 0.145 e. The molecule has 2 aromatic heterocycles. The molecule has 0 aliphatic heterocycles. The van der Waals surface area contributed by atoms with Gasteiger partial charge < -0.3 is 5.32 Å². The SMILES string of the molecule is Brc1cc2ccccc2nc1Nc1cn[nH]c1. The maximum atomic E-state index is 4.55. The molecule has 0 aliphatic rings. The molecule has 4 nitrogen and oxygen atoms in total. The zero-order valence-electron chi connectivity index (χ0n) is 8.81. The summed E-state index contributed by atoms with van der Waals surface area (Å²) >= 11 is 3.51. The molecule has 0 saturated carbocycles.